The summed E-state index contributed by atoms with van der Waals surface area (Å²) in [5, 5.41) is 28.5. The molecule has 0 unspecified atom stereocenters. The molecule has 0 saturated heterocycles. The third kappa shape index (κ3) is 10.3. The van der Waals surface area contributed by atoms with Crippen LogP contribution in [-0.4, -0.2) is 27.3 Å². The number of unbranched alkanes of at least 4 members (excludes halogenated alkanes) is 2. The van der Waals surface area contributed by atoms with Gasteiger partial charge in [0.15, 0.2) is 0 Å². The fourth-order valence-corrected chi connectivity index (χ4v) is 3.88. The Morgan fingerprint density at radius 1 is 0.759 bits per heavy atom. The number of carboxylic acids is 2. The molecule has 0 spiro atoms. The van der Waals surface area contributed by atoms with Crippen LogP contribution in [0.3, 0.4) is 0 Å². The van der Waals surface area contributed by atoms with Crippen LogP contribution < -0.4 is 0 Å². The maximum atomic E-state index is 10.9. The number of aryl methyl sites for hydroxylation is 2. The van der Waals surface area contributed by atoms with Gasteiger partial charge in [-0.3, -0.25) is 9.59 Å². The van der Waals surface area contributed by atoms with E-state index in [0.29, 0.717) is 5.75 Å². The zero-order chi connectivity index (χ0) is 22.1. The average molecular weight is 407 g/mol. The first-order chi connectivity index (χ1) is 13.4. The smallest absolute Gasteiger partial charge is 0.303 e. The van der Waals surface area contributed by atoms with Gasteiger partial charge in [0.2, 0.25) is 0 Å². The van der Waals surface area contributed by atoms with Crippen LogP contribution in [0.25, 0.3) is 0 Å². The highest BCUT2D eigenvalue weighted by Crippen LogP contribution is 2.31. The van der Waals surface area contributed by atoms with Gasteiger partial charge in [-0.05, 0) is 60.5 Å². The van der Waals surface area contributed by atoms with Gasteiger partial charge in [-0.1, -0.05) is 58.7 Å². The number of hydrogen-bond acceptors (Lipinski definition) is 3. The Balaban J connectivity index is 2.46. The molecule has 5 heteroatoms. The van der Waals surface area contributed by atoms with Crippen LogP contribution >= 0.6 is 0 Å². The maximum Gasteiger partial charge on any atom is 0.303 e. The number of para-hydroxylation sites is 1. The molecule has 0 amide bonds. The number of carboxylic acid groups (broad SMARTS) is 2. The Labute approximate surface area is 175 Å². The Bertz CT molecular complexity index is 622. The number of aromatic hydroxyl groups is 1. The zero-order valence-electron chi connectivity index (χ0n) is 18.5. The number of carbonyl (C=O) groups is 2. The number of phenols is 1. The zero-order valence-corrected chi connectivity index (χ0v) is 18.5. The van der Waals surface area contributed by atoms with E-state index in [1.807, 2.05) is 45.9 Å². The second kappa shape index (κ2) is 11.2. The van der Waals surface area contributed by atoms with E-state index >= 15 is 0 Å². The molecule has 29 heavy (non-hydrogen) atoms. The summed E-state index contributed by atoms with van der Waals surface area (Å²) in [6.07, 6.45) is 7.34. The van der Waals surface area contributed by atoms with Gasteiger partial charge < -0.3 is 15.3 Å². The van der Waals surface area contributed by atoms with Crippen LogP contribution in [0.5, 0.6) is 5.75 Å². The highest BCUT2D eigenvalue weighted by Gasteiger charge is 2.22. The van der Waals surface area contributed by atoms with Crippen molar-refractivity contribution in [1.82, 2.24) is 0 Å². The monoisotopic (exact) mass is 406 g/mol. The third-order valence-electron chi connectivity index (χ3n) is 5.56. The molecule has 0 radical (unpaired) electrons. The van der Waals surface area contributed by atoms with Crippen LogP contribution in [0.4, 0.5) is 0 Å². The van der Waals surface area contributed by atoms with E-state index < -0.39 is 11.9 Å². The molecule has 0 aliphatic rings. The molecule has 0 aromatic heterocycles. The molecular formula is C24H38O5. The van der Waals surface area contributed by atoms with Crippen molar-refractivity contribution in [2.45, 2.75) is 91.9 Å². The first kappa shape index (κ1) is 25.0. The summed E-state index contributed by atoms with van der Waals surface area (Å²) in [7, 11) is 0. The van der Waals surface area contributed by atoms with Crippen molar-refractivity contribution in [3.05, 3.63) is 29.3 Å². The summed E-state index contributed by atoms with van der Waals surface area (Å²) in [4.78, 5) is 21.8. The van der Waals surface area contributed by atoms with E-state index in [9.17, 15) is 14.7 Å². The van der Waals surface area contributed by atoms with E-state index in [4.69, 9.17) is 10.2 Å². The van der Waals surface area contributed by atoms with E-state index in [2.05, 4.69) is 0 Å². The Hall–Kier alpha value is -2.04. The minimum Gasteiger partial charge on any atom is -0.507 e. The lowest BCUT2D eigenvalue weighted by Gasteiger charge is -2.22. The standard InChI is InChI=1S/C24H38O5/c1-23(2,16-20(25)26)14-7-5-10-18-12-9-13-19(22(18)29)11-6-8-15-24(3,4)17-21(27)28/h9,12-13,29H,5-8,10-11,14-17H2,1-4H3,(H,25,26)(H,27,28). The second-order valence-corrected chi connectivity index (χ2v) is 9.81. The molecule has 0 saturated carbocycles. The topological polar surface area (TPSA) is 94.8 Å². The van der Waals surface area contributed by atoms with Gasteiger partial charge in [0, 0.05) is 0 Å². The summed E-state index contributed by atoms with van der Waals surface area (Å²) in [6, 6.07) is 5.89. The molecule has 0 bridgehead atoms. The summed E-state index contributed by atoms with van der Waals surface area (Å²) in [5.41, 5.74) is 1.49. The van der Waals surface area contributed by atoms with E-state index in [1.165, 1.54) is 0 Å². The van der Waals surface area contributed by atoms with Crippen molar-refractivity contribution in [3.8, 4) is 5.75 Å². The molecule has 1 rings (SSSR count). The average Bonchev–Trinajstić information content (AvgIpc) is 2.55. The lowest BCUT2D eigenvalue weighted by Crippen LogP contribution is -2.16. The van der Waals surface area contributed by atoms with Gasteiger partial charge in [-0.25, -0.2) is 0 Å². The van der Waals surface area contributed by atoms with Gasteiger partial charge in [-0.15, -0.1) is 0 Å². The third-order valence-corrected chi connectivity index (χ3v) is 5.56. The molecule has 0 atom stereocenters. The van der Waals surface area contributed by atoms with Crippen molar-refractivity contribution in [2.75, 3.05) is 0 Å². The fourth-order valence-electron chi connectivity index (χ4n) is 3.88. The molecule has 1 aromatic carbocycles. The van der Waals surface area contributed by atoms with E-state index in [1.54, 1.807) is 0 Å². The number of aliphatic carboxylic acids is 2. The predicted octanol–water partition coefficient (Wildman–Crippen LogP) is 5.82. The Kier molecular flexibility index (Phi) is 9.67. The molecule has 5 nitrogen and oxygen atoms in total. The Morgan fingerprint density at radius 3 is 1.48 bits per heavy atom. The van der Waals surface area contributed by atoms with Crippen LogP contribution in [0.1, 0.15) is 90.2 Å². The first-order valence-electron chi connectivity index (χ1n) is 10.7. The van der Waals surface area contributed by atoms with Crippen LogP contribution in [0.15, 0.2) is 18.2 Å². The van der Waals surface area contributed by atoms with Crippen molar-refractivity contribution in [3.63, 3.8) is 0 Å². The van der Waals surface area contributed by atoms with Crippen LogP contribution in [-0.2, 0) is 22.4 Å². The highest BCUT2D eigenvalue weighted by atomic mass is 16.4. The molecule has 3 N–H and O–H groups in total. The Morgan fingerprint density at radius 2 is 1.14 bits per heavy atom. The lowest BCUT2D eigenvalue weighted by atomic mass is 9.83. The number of benzene rings is 1. The SMILES string of the molecule is CC(C)(CCCCc1cccc(CCCCC(C)(C)CC(=O)O)c1O)CC(=O)O. The minimum absolute atomic E-state index is 0.178. The molecule has 164 valence electrons. The quantitative estimate of drug-likeness (QED) is 0.338. The number of hydrogen-bond donors (Lipinski definition) is 3. The predicted molar refractivity (Wildman–Crippen MR) is 115 cm³/mol. The summed E-state index contributed by atoms with van der Waals surface area (Å²) in [5.74, 6) is -1.14. The number of rotatable bonds is 14. The summed E-state index contributed by atoms with van der Waals surface area (Å²) in [6.45, 7) is 7.93. The van der Waals surface area contributed by atoms with Crippen molar-refractivity contribution < 1.29 is 24.9 Å². The largest absolute Gasteiger partial charge is 0.507 e. The van der Waals surface area contributed by atoms with Gasteiger partial charge >= 0.3 is 11.9 Å². The molecule has 1 aromatic rings. The van der Waals surface area contributed by atoms with E-state index in [-0.39, 0.29) is 23.7 Å². The molecule has 0 aliphatic carbocycles. The van der Waals surface area contributed by atoms with Crippen LogP contribution in [0, 0.1) is 10.8 Å². The lowest BCUT2D eigenvalue weighted by molar-refractivity contribution is -0.140. The molecular weight excluding hydrogens is 368 g/mol. The van der Waals surface area contributed by atoms with Gasteiger partial charge in [0.25, 0.3) is 0 Å². The minimum atomic E-state index is -0.758. The normalized spacial score (nSPS) is 12.1. The molecule has 0 aliphatic heterocycles. The number of phenolic OH excluding ortho intramolecular Hbond substituents is 1. The van der Waals surface area contributed by atoms with Crippen molar-refractivity contribution >= 4 is 11.9 Å². The van der Waals surface area contributed by atoms with Gasteiger partial charge in [0.05, 0.1) is 12.8 Å². The summed E-state index contributed by atoms with van der Waals surface area (Å²) < 4.78 is 0. The summed E-state index contributed by atoms with van der Waals surface area (Å²) >= 11 is 0. The fraction of sp³-hybridized carbons (Fsp3) is 0.667. The van der Waals surface area contributed by atoms with Crippen molar-refractivity contribution in [1.29, 1.82) is 0 Å². The maximum absolute atomic E-state index is 10.9. The van der Waals surface area contributed by atoms with Gasteiger partial charge in [-0.2, -0.15) is 0 Å². The van der Waals surface area contributed by atoms with Crippen LogP contribution in [0.2, 0.25) is 0 Å². The van der Waals surface area contributed by atoms with E-state index in [0.717, 1.165) is 62.5 Å². The first-order valence-corrected chi connectivity index (χ1v) is 10.7. The van der Waals surface area contributed by atoms with Crippen molar-refractivity contribution in [2.24, 2.45) is 10.8 Å². The second-order valence-electron chi connectivity index (χ2n) is 9.81. The molecule has 0 heterocycles. The highest BCUT2D eigenvalue weighted by molar-refractivity contribution is 5.67. The van der Waals surface area contributed by atoms with Gasteiger partial charge in [0.1, 0.15) is 5.75 Å². The molecule has 0 fully saturated rings.